The molecule has 3 atom stereocenters. The van der Waals surface area contributed by atoms with Crippen molar-refractivity contribution in [1.29, 1.82) is 0 Å². The highest BCUT2D eigenvalue weighted by Crippen LogP contribution is 2.36. The molecule has 2 fully saturated rings. The van der Waals surface area contributed by atoms with Crippen molar-refractivity contribution in [2.75, 3.05) is 13.2 Å². The van der Waals surface area contributed by atoms with Crippen LogP contribution in [0.25, 0.3) is 0 Å². The first-order valence-electron chi connectivity index (χ1n) is 9.41. The van der Waals surface area contributed by atoms with E-state index in [1.807, 2.05) is 11.0 Å². The molecule has 0 radical (unpaired) electrons. The molecule has 5 heteroatoms. The van der Waals surface area contributed by atoms with E-state index in [-0.39, 0.29) is 18.2 Å². The second-order valence-electron chi connectivity index (χ2n) is 7.05. The topological polar surface area (TPSA) is 49.9 Å². The number of unbranched alkanes of at least 4 members (excludes halogenated alkanes) is 1. The lowest BCUT2D eigenvalue weighted by molar-refractivity contribution is -0.110. The Morgan fingerprint density at radius 2 is 2.08 bits per heavy atom. The Balaban J connectivity index is 1.71. The molecule has 0 spiro atoms. The molecule has 0 saturated carbocycles. The van der Waals surface area contributed by atoms with Gasteiger partial charge < -0.3 is 14.4 Å². The lowest BCUT2D eigenvalue weighted by atomic mass is 9.99. The highest BCUT2D eigenvalue weighted by atomic mass is 16.6. The van der Waals surface area contributed by atoms with Crippen molar-refractivity contribution in [2.24, 2.45) is 0 Å². The molecule has 1 aromatic rings. The predicted molar refractivity (Wildman–Crippen MR) is 96.2 cm³/mol. The smallest absolute Gasteiger partial charge is 0.410 e. The van der Waals surface area contributed by atoms with Gasteiger partial charge in [-0.3, -0.25) is 4.90 Å². The quantitative estimate of drug-likeness (QED) is 0.563. The van der Waals surface area contributed by atoms with E-state index in [2.05, 4.69) is 36.1 Å². The van der Waals surface area contributed by atoms with Crippen molar-refractivity contribution in [1.82, 2.24) is 9.80 Å². The fourth-order valence-corrected chi connectivity index (χ4v) is 4.17. The van der Waals surface area contributed by atoms with Crippen LogP contribution in [-0.4, -0.2) is 53.5 Å². The minimum Gasteiger partial charge on any atom is -0.449 e. The average molecular weight is 344 g/mol. The molecule has 2 heterocycles. The summed E-state index contributed by atoms with van der Waals surface area (Å²) in [7, 11) is 0. The molecular weight excluding hydrogens is 316 g/mol. The van der Waals surface area contributed by atoms with Crippen LogP contribution < -0.4 is 0 Å². The van der Waals surface area contributed by atoms with Gasteiger partial charge in [-0.05, 0) is 24.8 Å². The van der Waals surface area contributed by atoms with Gasteiger partial charge in [-0.15, -0.1) is 0 Å². The van der Waals surface area contributed by atoms with E-state index >= 15 is 0 Å². The second kappa shape index (κ2) is 8.48. The largest absolute Gasteiger partial charge is 0.449 e. The van der Waals surface area contributed by atoms with Crippen molar-refractivity contribution in [3.8, 4) is 0 Å². The normalized spacial score (nSPS) is 25.8. The fourth-order valence-electron chi connectivity index (χ4n) is 4.17. The van der Waals surface area contributed by atoms with Gasteiger partial charge in [0, 0.05) is 31.6 Å². The molecule has 2 aliphatic rings. The van der Waals surface area contributed by atoms with Crippen molar-refractivity contribution in [3.05, 3.63) is 35.9 Å². The zero-order valence-electron chi connectivity index (χ0n) is 15.0. The van der Waals surface area contributed by atoms with Gasteiger partial charge in [-0.25, -0.2) is 4.79 Å². The summed E-state index contributed by atoms with van der Waals surface area (Å²) in [5.74, 6) is 0. The predicted octanol–water partition coefficient (Wildman–Crippen LogP) is 3.23. The number of rotatable bonds is 7. The van der Waals surface area contributed by atoms with Crippen LogP contribution in [0.15, 0.2) is 30.3 Å². The third-order valence-corrected chi connectivity index (χ3v) is 5.45. The summed E-state index contributed by atoms with van der Waals surface area (Å²) in [5, 5.41) is 0. The highest BCUT2D eigenvalue weighted by molar-refractivity contribution is 5.69. The van der Waals surface area contributed by atoms with Crippen LogP contribution in [0.5, 0.6) is 0 Å². The van der Waals surface area contributed by atoms with E-state index < -0.39 is 0 Å². The number of amides is 1. The number of piperazine rings is 1. The van der Waals surface area contributed by atoms with Crippen LogP contribution in [0.1, 0.15) is 44.6 Å². The SMILES string of the molecule is CCCCOC(=O)N1C[C@H]2CC[C@@H]([C@@H]1CC=O)N2Cc1ccccc1. The van der Waals surface area contributed by atoms with E-state index in [0.717, 1.165) is 38.5 Å². The molecule has 3 rings (SSSR count). The maximum atomic E-state index is 12.5. The van der Waals surface area contributed by atoms with Crippen LogP contribution >= 0.6 is 0 Å². The molecule has 25 heavy (non-hydrogen) atoms. The Bertz CT molecular complexity index is 578. The Kier molecular flexibility index (Phi) is 6.08. The minimum absolute atomic E-state index is 0.0749. The molecule has 0 unspecified atom stereocenters. The number of fused-ring (bicyclic) bond motifs is 2. The minimum atomic E-state index is -0.253. The van der Waals surface area contributed by atoms with Crippen LogP contribution in [0.3, 0.4) is 0 Å². The fraction of sp³-hybridized carbons (Fsp3) is 0.600. The lowest BCUT2D eigenvalue weighted by Crippen LogP contribution is -2.61. The van der Waals surface area contributed by atoms with Gasteiger partial charge in [0.15, 0.2) is 0 Å². The van der Waals surface area contributed by atoms with Crippen LogP contribution in [0.2, 0.25) is 0 Å². The number of likely N-dealkylation sites (tertiary alicyclic amines) is 1. The Hall–Kier alpha value is -1.88. The third-order valence-electron chi connectivity index (χ3n) is 5.45. The molecule has 0 N–H and O–H groups in total. The zero-order valence-corrected chi connectivity index (χ0v) is 15.0. The summed E-state index contributed by atoms with van der Waals surface area (Å²) in [6.07, 6.45) is 5.06. The molecular formula is C20H28N2O3. The van der Waals surface area contributed by atoms with E-state index in [1.165, 1.54) is 5.56 Å². The standard InChI is InChI=1S/C20H28N2O3/c1-2-3-13-25-20(24)22-15-17-9-10-18(19(22)11-12-23)21(17)14-16-7-5-4-6-8-16/h4-8,12,17-19H,2-3,9-11,13-15H2,1H3/t17-,18+,19+/m1/s1. The number of nitrogens with zero attached hydrogens (tertiary/aromatic N) is 2. The molecule has 1 aromatic carbocycles. The number of carbonyl (C=O) groups excluding carboxylic acids is 2. The Morgan fingerprint density at radius 3 is 2.80 bits per heavy atom. The van der Waals surface area contributed by atoms with Gasteiger partial charge in [0.2, 0.25) is 0 Å². The summed E-state index contributed by atoms with van der Waals surface area (Å²) in [6, 6.07) is 10.9. The number of hydrogen-bond donors (Lipinski definition) is 0. The maximum absolute atomic E-state index is 12.5. The lowest BCUT2D eigenvalue weighted by Gasteiger charge is -2.46. The van der Waals surface area contributed by atoms with Crippen molar-refractivity contribution < 1.29 is 14.3 Å². The molecule has 2 saturated heterocycles. The van der Waals surface area contributed by atoms with Crippen molar-refractivity contribution >= 4 is 12.4 Å². The molecule has 1 amide bonds. The zero-order chi connectivity index (χ0) is 17.6. The molecule has 0 aliphatic carbocycles. The first-order valence-corrected chi connectivity index (χ1v) is 9.41. The Labute approximate surface area is 149 Å². The molecule has 136 valence electrons. The van der Waals surface area contributed by atoms with Crippen LogP contribution in [0.4, 0.5) is 4.79 Å². The van der Waals surface area contributed by atoms with Gasteiger partial charge in [0.1, 0.15) is 6.29 Å². The number of aldehydes is 1. The molecule has 2 bridgehead atoms. The van der Waals surface area contributed by atoms with Crippen molar-refractivity contribution in [2.45, 2.75) is 63.7 Å². The van der Waals surface area contributed by atoms with Gasteiger partial charge in [0.25, 0.3) is 0 Å². The summed E-state index contributed by atoms with van der Waals surface area (Å²) in [4.78, 5) is 28.1. The van der Waals surface area contributed by atoms with Crippen LogP contribution in [-0.2, 0) is 16.1 Å². The van der Waals surface area contributed by atoms with Gasteiger partial charge in [-0.2, -0.15) is 0 Å². The van der Waals surface area contributed by atoms with Gasteiger partial charge in [-0.1, -0.05) is 43.7 Å². The summed E-state index contributed by atoms with van der Waals surface area (Å²) < 4.78 is 5.43. The van der Waals surface area contributed by atoms with Crippen molar-refractivity contribution in [3.63, 3.8) is 0 Å². The monoisotopic (exact) mass is 344 g/mol. The summed E-state index contributed by atoms with van der Waals surface area (Å²) in [5.41, 5.74) is 1.28. The van der Waals surface area contributed by atoms with E-state index in [4.69, 9.17) is 4.74 Å². The van der Waals surface area contributed by atoms with E-state index in [0.29, 0.717) is 25.6 Å². The number of hydrogen-bond acceptors (Lipinski definition) is 4. The maximum Gasteiger partial charge on any atom is 0.410 e. The first-order chi connectivity index (χ1) is 12.2. The third kappa shape index (κ3) is 4.03. The van der Waals surface area contributed by atoms with Gasteiger partial charge in [0.05, 0.1) is 12.6 Å². The highest BCUT2D eigenvalue weighted by Gasteiger charge is 2.47. The molecule has 0 aromatic heterocycles. The first kappa shape index (κ1) is 17.9. The second-order valence-corrected chi connectivity index (χ2v) is 7.05. The molecule has 5 nitrogen and oxygen atoms in total. The Morgan fingerprint density at radius 1 is 1.28 bits per heavy atom. The number of ether oxygens (including phenoxy) is 1. The van der Waals surface area contributed by atoms with E-state index in [1.54, 1.807) is 0 Å². The average Bonchev–Trinajstić information content (AvgIpc) is 2.90. The van der Waals surface area contributed by atoms with Gasteiger partial charge >= 0.3 is 6.09 Å². The summed E-state index contributed by atoms with van der Waals surface area (Å²) >= 11 is 0. The van der Waals surface area contributed by atoms with E-state index in [9.17, 15) is 9.59 Å². The summed E-state index contributed by atoms with van der Waals surface area (Å²) in [6.45, 7) is 4.07. The number of carbonyl (C=O) groups is 2. The van der Waals surface area contributed by atoms with Crippen LogP contribution in [0, 0.1) is 0 Å². The number of benzene rings is 1. The molecule has 2 aliphatic heterocycles.